The predicted molar refractivity (Wildman–Crippen MR) is 36.3 cm³/mol. The fourth-order valence-electron chi connectivity index (χ4n) is 0.888. The van der Waals surface area contributed by atoms with E-state index in [9.17, 15) is 0 Å². The minimum Gasteiger partial charge on any atom is -0.379 e. The molecule has 3 nitrogen and oxygen atoms in total. The molecule has 2 N–H and O–H groups in total. The number of rotatable bonds is 2. The number of hydrogen-bond donors (Lipinski definition) is 1. The van der Waals surface area contributed by atoms with E-state index in [1.165, 1.54) is 0 Å². The average molecular weight is 132 g/mol. The summed E-state index contributed by atoms with van der Waals surface area (Å²) in [7, 11) is 0. The van der Waals surface area contributed by atoms with E-state index in [1.54, 1.807) is 0 Å². The Bertz CT molecular complexity index is 120. The number of nitrogens with two attached hydrogens (primary N) is 1. The van der Waals surface area contributed by atoms with Crippen LogP contribution in [0.15, 0.2) is 0 Å². The molecule has 0 unspecified atom stereocenters. The third-order valence-corrected chi connectivity index (χ3v) is 1.42. The molecule has 54 valence electrons. The van der Waals surface area contributed by atoms with Gasteiger partial charge in [0, 0.05) is 28.9 Å². The quantitative estimate of drug-likeness (QED) is 0.539. The van der Waals surface area contributed by atoms with Crippen LogP contribution in [0.5, 0.6) is 0 Å². The lowest BCUT2D eigenvalue weighted by Crippen LogP contribution is -2.39. The lowest BCUT2D eigenvalue weighted by molar-refractivity contribution is 0.0394. The summed E-state index contributed by atoms with van der Waals surface area (Å²) in [5.41, 5.74) is 5.22. The van der Waals surface area contributed by atoms with Crippen molar-refractivity contribution in [3.8, 4) is 0 Å². The van der Waals surface area contributed by atoms with Crippen LogP contribution in [0.4, 0.5) is 0 Å². The Morgan fingerprint density at radius 2 is 2.22 bits per heavy atom. The minimum absolute atomic E-state index is 0.302. The molecule has 0 bridgehead atoms. The molecule has 1 aliphatic rings. The summed E-state index contributed by atoms with van der Waals surface area (Å²) >= 11 is 0. The van der Waals surface area contributed by atoms with Gasteiger partial charge in [-0.25, -0.2) is 0 Å². The Kier molecular flexibility index (Phi) is 1.98. The standard InChI is InChI=1S/C6H14N2O/c7-1-2-8-3-5-9-6-4-8/h1-7H2/i1D2. The molecule has 3 heteroatoms. The first kappa shape index (κ1) is 4.66. The Hall–Kier alpha value is -0.120. The SMILES string of the molecule is [2H]C([2H])(N)CN1CCOCC1. The van der Waals surface area contributed by atoms with Gasteiger partial charge in [-0.15, -0.1) is 0 Å². The van der Waals surface area contributed by atoms with Crippen molar-refractivity contribution in [3.05, 3.63) is 0 Å². The zero-order valence-electron chi connectivity index (χ0n) is 7.47. The van der Waals surface area contributed by atoms with Crippen molar-refractivity contribution in [1.29, 1.82) is 0 Å². The molecule has 0 aromatic heterocycles. The van der Waals surface area contributed by atoms with Crippen molar-refractivity contribution in [1.82, 2.24) is 4.90 Å². The van der Waals surface area contributed by atoms with E-state index >= 15 is 0 Å². The van der Waals surface area contributed by atoms with E-state index in [1.807, 2.05) is 4.90 Å². The van der Waals surface area contributed by atoms with Crippen molar-refractivity contribution >= 4 is 0 Å². The van der Waals surface area contributed by atoms with Crippen LogP contribution in [0.25, 0.3) is 0 Å². The summed E-state index contributed by atoms with van der Waals surface area (Å²) in [6.07, 6.45) is 0. The van der Waals surface area contributed by atoms with Gasteiger partial charge < -0.3 is 10.5 Å². The monoisotopic (exact) mass is 132 g/mol. The normalized spacial score (nSPS) is 27.2. The summed E-state index contributed by atoms with van der Waals surface area (Å²) in [4.78, 5) is 1.98. The van der Waals surface area contributed by atoms with Crippen LogP contribution in [-0.4, -0.2) is 44.2 Å². The highest BCUT2D eigenvalue weighted by Gasteiger charge is 2.07. The molecule has 1 aliphatic heterocycles. The zero-order valence-corrected chi connectivity index (χ0v) is 5.47. The van der Waals surface area contributed by atoms with Crippen LogP contribution in [-0.2, 0) is 4.74 Å². The molecule has 0 atom stereocenters. The minimum atomic E-state index is -1.57. The molecular weight excluding hydrogens is 116 g/mol. The average Bonchev–Trinajstić information content (AvgIpc) is 1.85. The van der Waals surface area contributed by atoms with E-state index in [-0.39, 0.29) is 0 Å². The van der Waals surface area contributed by atoms with Gasteiger partial charge in [0.05, 0.1) is 13.2 Å². The van der Waals surface area contributed by atoms with E-state index in [0.717, 1.165) is 13.1 Å². The second-order valence-electron chi connectivity index (χ2n) is 2.09. The Morgan fingerprint density at radius 1 is 1.56 bits per heavy atom. The van der Waals surface area contributed by atoms with Crippen molar-refractivity contribution in [2.75, 3.05) is 39.3 Å². The van der Waals surface area contributed by atoms with Crippen LogP contribution in [0.2, 0.25) is 0 Å². The van der Waals surface area contributed by atoms with Crippen LogP contribution in [0.3, 0.4) is 0 Å². The van der Waals surface area contributed by atoms with Crippen molar-refractivity contribution in [2.45, 2.75) is 0 Å². The highest BCUT2D eigenvalue weighted by atomic mass is 16.5. The van der Waals surface area contributed by atoms with Gasteiger partial charge in [-0.3, -0.25) is 4.90 Å². The lowest BCUT2D eigenvalue weighted by Gasteiger charge is -2.25. The lowest BCUT2D eigenvalue weighted by atomic mass is 10.4. The highest BCUT2D eigenvalue weighted by Crippen LogP contribution is 1.93. The van der Waals surface area contributed by atoms with Crippen molar-refractivity contribution in [3.63, 3.8) is 0 Å². The fraction of sp³-hybridized carbons (Fsp3) is 1.00. The largest absolute Gasteiger partial charge is 0.379 e. The van der Waals surface area contributed by atoms with Crippen LogP contribution < -0.4 is 5.73 Å². The Morgan fingerprint density at radius 3 is 2.78 bits per heavy atom. The van der Waals surface area contributed by atoms with Crippen LogP contribution >= 0.6 is 0 Å². The maximum atomic E-state index is 7.13. The number of morpholine rings is 1. The second kappa shape index (κ2) is 3.82. The van der Waals surface area contributed by atoms with Gasteiger partial charge in [-0.2, -0.15) is 0 Å². The molecular formula is C6H14N2O. The summed E-state index contributed by atoms with van der Waals surface area (Å²) in [5, 5.41) is 0. The molecule has 0 aromatic carbocycles. The van der Waals surface area contributed by atoms with Gasteiger partial charge in [0.2, 0.25) is 0 Å². The molecule has 0 radical (unpaired) electrons. The van der Waals surface area contributed by atoms with Crippen LogP contribution in [0.1, 0.15) is 2.74 Å². The van der Waals surface area contributed by atoms with Crippen LogP contribution in [0, 0.1) is 0 Å². The summed E-state index contributed by atoms with van der Waals surface area (Å²) in [6.45, 7) is 1.69. The van der Waals surface area contributed by atoms with Gasteiger partial charge in [0.15, 0.2) is 0 Å². The highest BCUT2D eigenvalue weighted by molar-refractivity contribution is 4.60. The van der Waals surface area contributed by atoms with Gasteiger partial charge in [0.1, 0.15) is 0 Å². The number of hydrogen-bond acceptors (Lipinski definition) is 3. The van der Waals surface area contributed by atoms with E-state index < -0.39 is 6.50 Å². The predicted octanol–water partition coefficient (Wildman–Crippen LogP) is -0.723. The zero-order chi connectivity index (χ0) is 8.32. The van der Waals surface area contributed by atoms with Crippen molar-refractivity contribution < 1.29 is 7.48 Å². The molecule has 0 aliphatic carbocycles. The van der Waals surface area contributed by atoms with E-state index in [0.29, 0.717) is 19.8 Å². The topological polar surface area (TPSA) is 38.5 Å². The maximum Gasteiger partial charge on any atom is 0.0594 e. The van der Waals surface area contributed by atoms with Gasteiger partial charge in [-0.05, 0) is 0 Å². The van der Waals surface area contributed by atoms with Gasteiger partial charge in [-0.1, -0.05) is 0 Å². The van der Waals surface area contributed by atoms with E-state index in [2.05, 4.69) is 0 Å². The van der Waals surface area contributed by atoms with E-state index in [4.69, 9.17) is 13.2 Å². The first-order valence-corrected chi connectivity index (χ1v) is 3.17. The second-order valence-corrected chi connectivity index (χ2v) is 2.09. The molecule has 1 saturated heterocycles. The molecule has 0 aromatic rings. The smallest absolute Gasteiger partial charge is 0.0594 e. The third kappa shape index (κ3) is 2.30. The number of nitrogens with zero attached hydrogens (tertiary/aromatic N) is 1. The summed E-state index contributed by atoms with van der Waals surface area (Å²) < 4.78 is 19.4. The molecule has 0 amide bonds. The molecule has 1 heterocycles. The Balaban J connectivity index is 2.24. The molecule has 0 saturated carbocycles. The molecule has 1 fully saturated rings. The Labute approximate surface area is 58.6 Å². The van der Waals surface area contributed by atoms with Gasteiger partial charge in [0.25, 0.3) is 0 Å². The maximum absolute atomic E-state index is 7.13. The molecule has 0 spiro atoms. The first-order valence-electron chi connectivity index (χ1n) is 4.17. The van der Waals surface area contributed by atoms with Crippen molar-refractivity contribution in [2.24, 2.45) is 5.73 Å². The fourth-order valence-corrected chi connectivity index (χ4v) is 0.888. The summed E-state index contributed by atoms with van der Waals surface area (Å²) in [6, 6.07) is 0. The number of ether oxygens (including phenoxy) is 1. The van der Waals surface area contributed by atoms with Gasteiger partial charge >= 0.3 is 0 Å². The molecule has 9 heavy (non-hydrogen) atoms. The molecule has 1 rings (SSSR count). The summed E-state index contributed by atoms with van der Waals surface area (Å²) in [5.74, 6) is 0. The first-order chi connectivity index (χ1) is 5.08. The third-order valence-electron chi connectivity index (χ3n) is 1.42.